The van der Waals surface area contributed by atoms with Crippen molar-refractivity contribution in [2.24, 2.45) is 0 Å². The Balaban J connectivity index is 1.30. The predicted octanol–water partition coefficient (Wildman–Crippen LogP) is 12.6. The quantitative estimate of drug-likeness (QED) is 0.182. The molecule has 11 rings (SSSR count). The Labute approximate surface area is 271 Å². The predicted molar refractivity (Wildman–Crippen MR) is 201 cm³/mol. The molecule has 46 heavy (non-hydrogen) atoms. The topological polar surface area (TPSA) is 9.86 Å². The number of fused-ring (bicyclic) bond motifs is 14. The normalized spacial score (nSPS) is 12.3. The zero-order chi connectivity index (χ0) is 29.9. The second kappa shape index (κ2) is 9.07. The summed E-state index contributed by atoms with van der Waals surface area (Å²) < 4.78 is 10.3. The minimum absolute atomic E-state index is 1.17. The minimum atomic E-state index is 1.17. The van der Waals surface area contributed by atoms with Crippen LogP contribution < -0.4 is 0 Å². The Morgan fingerprint density at radius 1 is 0.283 bits per heavy atom. The molecule has 7 aromatic carbocycles. The standard InChI is InChI=1S/C42H24N2S2/c1-5-15-29-25(11-1)39-33(21-23-37-41(39)27-13-3-9-19-35(27)45-37)43(29)31-17-7-8-18-32(31)44-30-16-6-2-12-26(30)40-34(44)22-24-38-42(40)28-14-4-10-20-36(28)46-38/h1-24H. The lowest BCUT2D eigenvalue weighted by molar-refractivity contribution is 1.10. The number of aromatic nitrogens is 2. The first-order chi connectivity index (χ1) is 22.8. The molecule has 0 aliphatic rings. The largest absolute Gasteiger partial charge is 0.307 e. The molecule has 0 radical (unpaired) electrons. The summed E-state index contributed by atoms with van der Waals surface area (Å²) in [5.74, 6) is 0. The van der Waals surface area contributed by atoms with Crippen molar-refractivity contribution >= 4 is 107 Å². The lowest BCUT2D eigenvalue weighted by Crippen LogP contribution is -2.03. The molecule has 0 aliphatic heterocycles. The molecule has 0 fully saturated rings. The zero-order valence-corrected chi connectivity index (χ0v) is 26.2. The van der Waals surface area contributed by atoms with Gasteiger partial charge in [0.1, 0.15) is 0 Å². The van der Waals surface area contributed by atoms with Crippen molar-refractivity contribution in [1.82, 2.24) is 9.13 Å². The van der Waals surface area contributed by atoms with Gasteiger partial charge in [-0.25, -0.2) is 0 Å². The van der Waals surface area contributed by atoms with Gasteiger partial charge >= 0.3 is 0 Å². The minimum Gasteiger partial charge on any atom is -0.307 e. The van der Waals surface area contributed by atoms with E-state index in [0.29, 0.717) is 0 Å². The molecule has 214 valence electrons. The third-order valence-corrected chi connectivity index (χ3v) is 12.0. The summed E-state index contributed by atoms with van der Waals surface area (Å²) in [6.07, 6.45) is 0. The maximum Gasteiger partial charge on any atom is 0.0702 e. The van der Waals surface area contributed by atoms with Crippen molar-refractivity contribution in [1.29, 1.82) is 0 Å². The van der Waals surface area contributed by atoms with Crippen LogP contribution in [0.15, 0.2) is 146 Å². The highest BCUT2D eigenvalue weighted by Gasteiger charge is 2.22. The Morgan fingerprint density at radius 3 is 1.15 bits per heavy atom. The lowest BCUT2D eigenvalue weighted by Gasteiger charge is -2.16. The molecule has 0 aliphatic carbocycles. The van der Waals surface area contributed by atoms with Gasteiger partial charge in [0, 0.05) is 61.9 Å². The van der Waals surface area contributed by atoms with Crippen LogP contribution in [0.1, 0.15) is 0 Å². The molecule has 0 saturated carbocycles. The molecule has 0 atom stereocenters. The van der Waals surface area contributed by atoms with Gasteiger partial charge in [-0.3, -0.25) is 0 Å². The SMILES string of the molecule is c1ccc(-n2c3ccccc3c3c4c(ccc32)sc2ccccc24)c(-n2c3ccccc3c3c4c(ccc32)sc2ccccc24)c1. The van der Waals surface area contributed by atoms with Crippen molar-refractivity contribution in [2.45, 2.75) is 0 Å². The van der Waals surface area contributed by atoms with Crippen LogP contribution in [-0.4, -0.2) is 9.13 Å². The van der Waals surface area contributed by atoms with E-state index in [9.17, 15) is 0 Å². The summed E-state index contributed by atoms with van der Waals surface area (Å²) in [6, 6.07) is 53.7. The van der Waals surface area contributed by atoms with Crippen molar-refractivity contribution < 1.29 is 0 Å². The number of nitrogens with zero attached hydrogens (tertiary/aromatic N) is 2. The Bertz CT molecular complexity index is 2830. The van der Waals surface area contributed by atoms with Gasteiger partial charge in [0.2, 0.25) is 0 Å². The van der Waals surface area contributed by atoms with Gasteiger partial charge in [-0.1, -0.05) is 84.9 Å². The van der Waals surface area contributed by atoms with Gasteiger partial charge < -0.3 is 9.13 Å². The van der Waals surface area contributed by atoms with Crippen LogP contribution in [0.3, 0.4) is 0 Å². The van der Waals surface area contributed by atoms with E-state index >= 15 is 0 Å². The molecule has 4 heterocycles. The number of benzene rings is 7. The Hall–Kier alpha value is -5.42. The number of hydrogen-bond donors (Lipinski definition) is 0. The van der Waals surface area contributed by atoms with Gasteiger partial charge in [0.25, 0.3) is 0 Å². The maximum absolute atomic E-state index is 2.49. The first-order valence-corrected chi connectivity index (χ1v) is 17.2. The average Bonchev–Trinajstić information content (AvgIpc) is 3.85. The summed E-state index contributed by atoms with van der Waals surface area (Å²) in [4.78, 5) is 0. The van der Waals surface area contributed by atoms with Crippen LogP contribution in [0.25, 0.3) is 95.3 Å². The zero-order valence-electron chi connectivity index (χ0n) is 24.6. The van der Waals surface area contributed by atoms with Gasteiger partial charge in [0.05, 0.1) is 33.4 Å². The molecule has 0 saturated heterocycles. The van der Waals surface area contributed by atoms with Crippen molar-refractivity contribution in [2.75, 3.05) is 0 Å². The molecule has 4 heteroatoms. The van der Waals surface area contributed by atoms with Gasteiger partial charge in [0.15, 0.2) is 0 Å². The molecule has 2 nitrogen and oxygen atoms in total. The van der Waals surface area contributed by atoms with E-state index in [4.69, 9.17) is 0 Å². The van der Waals surface area contributed by atoms with Crippen LogP contribution >= 0.6 is 22.7 Å². The maximum atomic E-state index is 2.49. The second-order valence-electron chi connectivity index (χ2n) is 12.1. The molecular weight excluding hydrogens is 597 g/mol. The highest BCUT2D eigenvalue weighted by Crippen LogP contribution is 2.46. The highest BCUT2D eigenvalue weighted by molar-refractivity contribution is 7.26. The third kappa shape index (κ3) is 3.15. The van der Waals surface area contributed by atoms with E-state index in [2.05, 4.69) is 155 Å². The summed E-state index contributed by atoms with van der Waals surface area (Å²) in [5, 5.41) is 10.6. The summed E-state index contributed by atoms with van der Waals surface area (Å²) >= 11 is 3.77. The summed E-state index contributed by atoms with van der Waals surface area (Å²) in [5.41, 5.74) is 7.25. The molecule has 0 bridgehead atoms. The second-order valence-corrected chi connectivity index (χ2v) is 14.2. The molecular formula is C42H24N2S2. The van der Waals surface area contributed by atoms with Crippen molar-refractivity contribution in [3.8, 4) is 11.4 Å². The van der Waals surface area contributed by atoms with Gasteiger partial charge in [-0.2, -0.15) is 0 Å². The first-order valence-electron chi connectivity index (χ1n) is 15.6. The molecule has 4 aromatic heterocycles. The fourth-order valence-electron chi connectivity index (χ4n) is 7.91. The Morgan fingerprint density at radius 2 is 0.674 bits per heavy atom. The van der Waals surface area contributed by atoms with E-state index in [1.807, 2.05) is 22.7 Å². The number of hydrogen-bond acceptors (Lipinski definition) is 2. The van der Waals surface area contributed by atoms with Crippen molar-refractivity contribution in [3.05, 3.63) is 146 Å². The summed E-state index contributed by atoms with van der Waals surface area (Å²) in [6.45, 7) is 0. The van der Waals surface area contributed by atoms with Crippen LogP contribution in [0.5, 0.6) is 0 Å². The van der Waals surface area contributed by atoms with E-state index < -0.39 is 0 Å². The molecule has 0 unspecified atom stereocenters. The van der Waals surface area contributed by atoms with Crippen LogP contribution in [-0.2, 0) is 0 Å². The fourth-order valence-corrected chi connectivity index (χ4v) is 10.1. The molecule has 11 aromatic rings. The third-order valence-electron chi connectivity index (χ3n) is 9.72. The monoisotopic (exact) mass is 620 g/mol. The first kappa shape index (κ1) is 24.8. The molecule has 0 amide bonds. The number of thiophene rings is 2. The Kier molecular flexibility index (Phi) is 4.90. The van der Waals surface area contributed by atoms with Crippen LogP contribution in [0.2, 0.25) is 0 Å². The number of rotatable bonds is 2. The van der Waals surface area contributed by atoms with E-state index in [1.54, 1.807) is 0 Å². The van der Waals surface area contributed by atoms with Crippen LogP contribution in [0, 0.1) is 0 Å². The van der Waals surface area contributed by atoms with Gasteiger partial charge in [-0.15, -0.1) is 22.7 Å². The van der Waals surface area contributed by atoms with Crippen LogP contribution in [0.4, 0.5) is 0 Å². The molecule has 0 spiro atoms. The average molecular weight is 621 g/mol. The van der Waals surface area contributed by atoms with E-state index in [1.165, 1.54) is 95.3 Å². The molecule has 0 N–H and O–H groups in total. The lowest BCUT2D eigenvalue weighted by atomic mass is 10.1. The summed E-state index contributed by atoms with van der Waals surface area (Å²) in [7, 11) is 0. The van der Waals surface area contributed by atoms with Crippen molar-refractivity contribution in [3.63, 3.8) is 0 Å². The fraction of sp³-hybridized carbons (Fsp3) is 0. The number of para-hydroxylation sites is 4. The van der Waals surface area contributed by atoms with E-state index in [0.717, 1.165) is 0 Å². The van der Waals surface area contributed by atoms with Gasteiger partial charge in [-0.05, 0) is 60.7 Å². The highest BCUT2D eigenvalue weighted by atomic mass is 32.1. The smallest absolute Gasteiger partial charge is 0.0702 e. The van der Waals surface area contributed by atoms with E-state index in [-0.39, 0.29) is 0 Å².